The van der Waals surface area contributed by atoms with Crippen molar-refractivity contribution in [2.24, 2.45) is 0 Å². The molecule has 0 unspecified atom stereocenters. The number of aromatic carboxylic acids is 1. The van der Waals surface area contributed by atoms with E-state index in [1.54, 1.807) is 18.2 Å². The second kappa shape index (κ2) is 5.12. The Bertz CT molecular complexity index is 889. The summed E-state index contributed by atoms with van der Waals surface area (Å²) in [5.41, 5.74) is 1.22. The first-order chi connectivity index (χ1) is 10.2. The van der Waals surface area contributed by atoms with Crippen LogP contribution in [-0.4, -0.2) is 30.6 Å². The zero-order valence-electron chi connectivity index (χ0n) is 10.8. The Kier molecular flexibility index (Phi) is 3.15. The van der Waals surface area contributed by atoms with Crippen LogP contribution >= 0.6 is 0 Å². The van der Waals surface area contributed by atoms with Crippen molar-refractivity contribution in [3.05, 3.63) is 64.6 Å². The number of carboxylic acid groups (broad SMARTS) is 1. The Morgan fingerprint density at radius 3 is 2.81 bits per heavy atom. The minimum absolute atomic E-state index is 0.0229. The van der Waals surface area contributed by atoms with E-state index in [9.17, 15) is 9.59 Å². The number of benzene rings is 1. The fourth-order valence-corrected chi connectivity index (χ4v) is 2.09. The SMILES string of the molecule is O=C(O)c1cncnc1Cn1c(=O)cnc2ccccc21. The van der Waals surface area contributed by atoms with Crippen molar-refractivity contribution in [1.29, 1.82) is 0 Å². The molecular formula is C14H10N4O3. The molecule has 0 aliphatic carbocycles. The Morgan fingerprint density at radius 1 is 1.19 bits per heavy atom. The van der Waals surface area contributed by atoms with Crippen molar-refractivity contribution in [3.63, 3.8) is 0 Å². The summed E-state index contributed by atoms with van der Waals surface area (Å²) in [5.74, 6) is -1.13. The zero-order valence-corrected chi connectivity index (χ0v) is 10.8. The molecular weight excluding hydrogens is 272 g/mol. The number of nitrogens with zero attached hydrogens (tertiary/aromatic N) is 4. The number of aromatic nitrogens is 4. The molecule has 7 nitrogen and oxygen atoms in total. The van der Waals surface area contributed by atoms with Gasteiger partial charge in [0.05, 0.1) is 29.5 Å². The van der Waals surface area contributed by atoms with Crippen LogP contribution < -0.4 is 5.56 Å². The largest absolute Gasteiger partial charge is 0.478 e. The van der Waals surface area contributed by atoms with Gasteiger partial charge in [-0.25, -0.2) is 19.7 Å². The van der Waals surface area contributed by atoms with E-state index in [-0.39, 0.29) is 23.4 Å². The predicted octanol–water partition coefficient (Wildman–Crippen LogP) is 0.933. The molecule has 0 spiro atoms. The lowest BCUT2D eigenvalue weighted by molar-refractivity contribution is 0.0694. The lowest BCUT2D eigenvalue weighted by atomic mass is 10.2. The standard InChI is InChI=1S/C14H10N4O3/c19-13-6-16-10-3-1-2-4-12(10)18(13)7-11-9(14(20)21)5-15-8-17-11/h1-6,8H,7H2,(H,20,21). The quantitative estimate of drug-likeness (QED) is 0.767. The van der Waals surface area contributed by atoms with Crippen LogP contribution in [0.1, 0.15) is 16.1 Å². The molecule has 0 aliphatic heterocycles. The van der Waals surface area contributed by atoms with Gasteiger partial charge in [0.15, 0.2) is 0 Å². The third-order valence-corrected chi connectivity index (χ3v) is 3.09. The molecule has 0 aliphatic rings. The van der Waals surface area contributed by atoms with Gasteiger partial charge in [0.2, 0.25) is 0 Å². The summed E-state index contributed by atoms with van der Waals surface area (Å²) in [6, 6.07) is 7.14. The molecule has 0 bridgehead atoms. The number of hydrogen-bond acceptors (Lipinski definition) is 5. The molecule has 7 heteroatoms. The number of hydrogen-bond donors (Lipinski definition) is 1. The van der Waals surface area contributed by atoms with Crippen LogP contribution in [0.25, 0.3) is 11.0 Å². The van der Waals surface area contributed by atoms with E-state index in [1.165, 1.54) is 23.3 Å². The van der Waals surface area contributed by atoms with Gasteiger partial charge in [-0.2, -0.15) is 0 Å². The predicted molar refractivity (Wildman–Crippen MR) is 74.1 cm³/mol. The van der Waals surface area contributed by atoms with E-state index in [2.05, 4.69) is 15.0 Å². The molecule has 104 valence electrons. The highest BCUT2D eigenvalue weighted by Crippen LogP contribution is 2.11. The van der Waals surface area contributed by atoms with E-state index < -0.39 is 5.97 Å². The van der Waals surface area contributed by atoms with Gasteiger partial charge in [0, 0.05) is 6.20 Å². The Hall–Kier alpha value is -3.09. The minimum Gasteiger partial charge on any atom is -0.478 e. The number of carboxylic acids is 1. The van der Waals surface area contributed by atoms with Gasteiger partial charge in [-0.1, -0.05) is 12.1 Å². The second-order valence-electron chi connectivity index (χ2n) is 4.36. The van der Waals surface area contributed by atoms with E-state index in [0.29, 0.717) is 11.0 Å². The molecule has 1 aromatic carbocycles. The van der Waals surface area contributed by atoms with Gasteiger partial charge < -0.3 is 5.11 Å². The highest BCUT2D eigenvalue weighted by atomic mass is 16.4. The Morgan fingerprint density at radius 2 is 2.00 bits per heavy atom. The first-order valence-electron chi connectivity index (χ1n) is 6.13. The monoisotopic (exact) mass is 282 g/mol. The van der Waals surface area contributed by atoms with Crippen LogP contribution in [0.4, 0.5) is 0 Å². The summed E-state index contributed by atoms with van der Waals surface area (Å²) in [6.45, 7) is 0.0476. The fraction of sp³-hybridized carbons (Fsp3) is 0.0714. The van der Waals surface area contributed by atoms with Crippen molar-refractivity contribution in [2.45, 2.75) is 6.54 Å². The number of fused-ring (bicyclic) bond motifs is 1. The third kappa shape index (κ3) is 2.36. The smallest absolute Gasteiger partial charge is 0.339 e. The average Bonchev–Trinajstić information content (AvgIpc) is 2.50. The topological polar surface area (TPSA) is 98.0 Å². The summed E-state index contributed by atoms with van der Waals surface area (Å²) >= 11 is 0. The van der Waals surface area contributed by atoms with E-state index >= 15 is 0 Å². The molecule has 0 saturated heterocycles. The minimum atomic E-state index is -1.13. The highest BCUT2D eigenvalue weighted by Gasteiger charge is 2.13. The van der Waals surface area contributed by atoms with E-state index in [0.717, 1.165) is 0 Å². The number of rotatable bonds is 3. The van der Waals surface area contributed by atoms with Crippen LogP contribution in [0.2, 0.25) is 0 Å². The first kappa shape index (κ1) is 12.9. The van der Waals surface area contributed by atoms with Crippen molar-refractivity contribution in [2.75, 3.05) is 0 Å². The van der Waals surface area contributed by atoms with Crippen molar-refractivity contribution < 1.29 is 9.90 Å². The first-order valence-corrected chi connectivity index (χ1v) is 6.13. The van der Waals surface area contributed by atoms with Gasteiger partial charge in [0.1, 0.15) is 11.9 Å². The van der Waals surface area contributed by atoms with Gasteiger partial charge in [-0.3, -0.25) is 9.36 Å². The van der Waals surface area contributed by atoms with Gasteiger partial charge >= 0.3 is 5.97 Å². The molecule has 2 heterocycles. The van der Waals surface area contributed by atoms with Crippen LogP contribution in [0.3, 0.4) is 0 Å². The maximum atomic E-state index is 12.0. The van der Waals surface area contributed by atoms with Gasteiger partial charge in [-0.05, 0) is 12.1 Å². The Labute approximate surface area is 118 Å². The lowest BCUT2D eigenvalue weighted by Crippen LogP contribution is -2.22. The molecule has 1 N–H and O–H groups in total. The molecule has 3 aromatic rings. The molecule has 21 heavy (non-hydrogen) atoms. The Balaban J connectivity index is 2.17. The highest BCUT2D eigenvalue weighted by molar-refractivity contribution is 5.88. The summed E-state index contributed by atoms with van der Waals surface area (Å²) in [4.78, 5) is 34.9. The summed E-state index contributed by atoms with van der Waals surface area (Å²) in [5, 5.41) is 9.15. The average molecular weight is 282 g/mol. The second-order valence-corrected chi connectivity index (χ2v) is 4.36. The van der Waals surface area contributed by atoms with Crippen LogP contribution in [0.5, 0.6) is 0 Å². The number of carbonyl (C=O) groups is 1. The molecule has 0 radical (unpaired) electrons. The van der Waals surface area contributed by atoms with E-state index in [1.807, 2.05) is 6.07 Å². The maximum Gasteiger partial charge on any atom is 0.339 e. The normalized spacial score (nSPS) is 10.7. The van der Waals surface area contributed by atoms with Gasteiger partial charge in [0.25, 0.3) is 5.56 Å². The third-order valence-electron chi connectivity index (χ3n) is 3.09. The zero-order chi connectivity index (χ0) is 14.8. The maximum absolute atomic E-state index is 12.0. The fourth-order valence-electron chi connectivity index (χ4n) is 2.09. The molecule has 0 atom stereocenters. The number of para-hydroxylation sites is 2. The van der Waals surface area contributed by atoms with Crippen molar-refractivity contribution in [1.82, 2.24) is 19.5 Å². The van der Waals surface area contributed by atoms with Gasteiger partial charge in [-0.15, -0.1) is 0 Å². The van der Waals surface area contributed by atoms with Crippen LogP contribution in [0, 0.1) is 0 Å². The molecule has 2 aromatic heterocycles. The molecule has 0 amide bonds. The van der Waals surface area contributed by atoms with Crippen molar-refractivity contribution >= 4 is 17.0 Å². The molecule has 0 fully saturated rings. The van der Waals surface area contributed by atoms with Crippen molar-refractivity contribution in [3.8, 4) is 0 Å². The van der Waals surface area contributed by atoms with Crippen LogP contribution in [0.15, 0.2) is 47.8 Å². The van der Waals surface area contributed by atoms with E-state index in [4.69, 9.17) is 5.11 Å². The summed E-state index contributed by atoms with van der Waals surface area (Å²) in [7, 11) is 0. The summed E-state index contributed by atoms with van der Waals surface area (Å²) in [6.07, 6.45) is 3.69. The molecule has 0 saturated carbocycles. The summed E-state index contributed by atoms with van der Waals surface area (Å²) < 4.78 is 1.44. The molecule has 3 rings (SSSR count). The van der Waals surface area contributed by atoms with Crippen LogP contribution in [-0.2, 0) is 6.54 Å². The lowest BCUT2D eigenvalue weighted by Gasteiger charge is -2.10.